The van der Waals surface area contributed by atoms with E-state index in [1.807, 2.05) is 30.3 Å². The molecule has 0 unspecified atom stereocenters. The molecule has 0 N–H and O–H groups in total. The number of rotatable bonds is 7. The SMILES string of the molecule is Cc1cc(COC(=O)N2CCC(=O)N3[C@@H]2CN(Cc2ccccc2)C(=O)[C@@H]3CCN2CCCC2)cc(C(F)(F)F)c1. The van der Waals surface area contributed by atoms with Crippen LogP contribution in [0.1, 0.15) is 47.9 Å². The second kappa shape index (κ2) is 12.1. The Labute approximate surface area is 237 Å². The van der Waals surface area contributed by atoms with E-state index < -0.39 is 30.0 Å². The summed E-state index contributed by atoms with van der Waals surface area (Å²) in [7, 11) is 0. The highest BCUT2D eigenvalue weighted by Gasteiger charge is 2.49. The number of carbonyl (C=O) groups excluding carboxylic acids is 3. The van der Waals surface area contributed by atoms with Gasteiger partial charge < -0.3 is 19.4 Å². The lowest BCUT2D eigenvalue weighted by Crippen LogP contribution is -2.71. The highest BCUT2D eigenvalue weighted by Crippen LogP contribution is 2.32. The third kappa shape index (κ3) is 6.66. The zero-order valence-electron chi connectivity index (χ0n) is 23.1. The lowest BCUT2D eigenvalue weighted by Gasteiger charge is -2.52. The Morgan fingerprint density at radius 1 is 1.00 bits per heavy atom. The fourth-order valence-electron chi connectivity index (χ4n) is 6.07. The van der Waals surface area contributed by atoms with Crippen molar-refractivity contribution in [2.75, 3.05) is 32.7 Å². The molecule has 5 rings (SSSR count). The van der Waals surface area contributed by atoms with E-state index in [2.05, 4.69) is 4.90 Å². The Hall–Kier alpha value is -3.60. The number of amides is 3. The van der Waals surface area contributed by atoms with Gasteiger partial charge in [0.05, 0.1) is 12.1 Å². The quantitative estimate of drug-likeness (QED) is 0.492. The highest BCUT2D eigenvalue weighted by atomic mass is 19.4. The van der Waals surface area contributed by atoms with Crippen LogP contribution in [-0.4, -0.2) is 82.4 Å². The third-order valence-electron chi connectivity index (χ3n) is 8.05. The number of nitrogens with zero attached hydrogens (tertiary/aromatic N) is 4. The number of carbonyl (C=O) groups is 3. The van der Waals surface area contributed by atoms with E-state index >= 15 is 0 Å². The average Bonchev–Trinajstić information content (AvgIpc) is 3.46. The standard InChI is InChI=1S/C30H35F3N4O4/c1-21-15-23(17-24(16-21)30(31,32)33)20-41-29(40)36-14-10-27(38)37-25(9-13-34-11-5-6-12-34)28(39)35(19-26(36)37)18-22-7-3-2-4-8-22/h2-4,7-8,15-17,25-26H,5-6,9-14,18-20H2,1H3/t25-,26+/m0/s1. The molecule has 8 nitrogen and oxygen atoms in total. The Morgan fingerprint density at radius 3 is 2.44 bits per heavy atom. The normalized spacial score (nSPS) is 21.8. The average molecular weight is 573 g/mol. The summed E-state index contributed by atoms with van der Waals surface area (Å²) in [6.07, 6.45) is -3.25. The van der Waals surface area contributed by atoms with Crippen molar-refractivity contribution < 1.29 is 32.3 Å². The van der Waals surface area contributed by atoms with E-state index in [1.165, 1.54) is 4.90 Å². The van der Waals surface area contributed by atoms with Gasteiger partial charge in [-0.3, -0.25) is 14.5 Å². The number of fused-ring (bicyclic) bond motifs is 1. The zero-order valence-corrected chi connectivity index (χ0v) is 23.1. The molecule has 3 fully saturated rings. The first-order valence-electron chi connectivity index (χ1n) is 14.1. The Balaban J connectivity index is 1.35. The molecule has 11 heteroatoms. The molecule has 0 aliphatic carbocycles. The van der Waals surface area contributed by atoms with Crippen molar-refractivity contribution in [2.24, 2.45) is 0 Å². The predicted octanol–water partition coefficient (Wildman–Crippen LogP) is 4.41. The largest absolute Gasteiger partial charge is 0.444 e. The molecule has 2 aromatic carbocycles. The summed E-state index contributed by atoms with van der Waals surface area (Å²) in [5, 5.41) is 0. The van der Waals surface area contributed by atoms with Gasteiger partial charge in [-0.25, -0.2) is 4.79 Å². The first-order chi connectivity index (χ1) is 19.6. The van der Waals surface area contributed by atoms with E-state index in [0.717, 1.165) is 43.6 Å². The number of ether oxygens (including phenoxy) is 1. The summed E-state index contributed by atoms with van der Waals surface area (Å²) in [6, 6.07) is 12.4. The van der Waals surface area contributed by atoms with Crippen LogP contribution in [-0.2, 0) is 33.7 Å². The van der Waals surface area contributed by atoms with E-state index in [9.17, 15) is 27.6 Å². The number of benzene rings is 2. The van der Waals surface area contributed by atoms with Crippen LogP contribution in [0.25, 0.3) is 0 Å². The van der Waals surface area contributed by atoms with Crippen molar-refractivity contribution in [1.29, 1.82) is 0 Å². The van der Waals surface area contributed by atoms with E-state index in [0.29, 0.717) is 25.1 Å². The van der Waals surface area contributed by atoms with E-state index in [1.54, 1.807) is 22.8 Å². The van der Waals surface area contributed by atoms with Crippen LogP contribution < -0.4 is 0 Å². The molecule has 3 saturated heterocycles. The number of likely N-dealkylation sites (tertiary alicyclic amines) is 1. The number of aryl methyl sites for hydroxylation is 1. The second-order valence-electron chi connectivity index (χ2n) is 11.0. The van der Waals surface area contributed by atoms with Crippen LogP contribution in [0.2, 0.25) is 0 Å². The topological polar surface area (TPSA) is 73.4 Å². The number of halogens is 3. The molecule has 0 saturated carbocycles. The van der Waals surface area contributed by atoms with Crippen molar-refractivity contribution in [1.82, 2.24) is 19.6 Å². The maximum atomic E-state index is 13.8. The number of alkyl halides is 3. The molecule has 0 radical (unpaired) electrons. The lowest BCUT2D eigenvalue weighted by molar-refractivity contribution is -0.169. The first-order valence-corrected chi connectivity index (χ1v) is 14.1. The number of piperazine rings is 1. The monoisotopic (exact) mass is 572 g/mol. The number of hydrogen-bond acceptors (Lipinski definition) is 5. The predicted molar refractivity (Wildman–Crippen MR) is 144 cm³/mol. The molecule has 0 bridgehead atoms. The van der Waals surface area contributed by atoms with Crippen LogP contribution in [0, 0.1) is 6.92 Å². The van der Waals surface area contributed by atoms with Gasteiger partial charge in [-0.1, -0.05) is 42.0 Å². The second-order valence-corrected chi connectivity index (χ2v) is 11.0. The molecule has 3 aliphatic rings. The molecule has 3 amide bonds. The van der Waals surface area contributed by atoms with Crippen LogP contribution in [0.15, 0.2) is 48.5 Å². The molecular formula is C30H35F3N4O4. The molecule has 220 valence electrons. The van der Waals surface area contributed by atoms with Crippen molar-refractivity contribution in [3.05, 3.63) is 70.8 Å². The summed E-state index contributed by atoms with van der Waals surface area (Å²) in [6.45, 7) is 4.36. The molecule has 3 heterocycles. The molecule has 3 aliphatic heterocycles. The van der Waals surface area contributed by atoms with Gasteiger partial charge >= 0.3 is 12.3 Å². The van der Waals surface area contributed by atoms with Gasteiger partial charge in [0.25, 0.3) is 0 Å². The Bertz CT molecular complexity index is 1270. The van der Waals surface area contributed by atoms with Gasteiger partial charge in [0, 0.05) is 26.1 Å². The Morgan fingerprint density at radius 2 is 1.73 bits per heavy atom. The van der Waals surface area contributed by atoms with Gasteiger partial charge in [0.1, 0.15) is 18.8 Å². The van der Waals surface area contributed by atoms with Crippen molar-refractivity contribution in [2.45, 2.75) is 64.1 Å². The van der Waals surface area contributed by atoms with Gasteiger partial charge in [-0.05, 0) is 62.5 Å². The van der Waals surface area contributed by atoms with E-state index in [4.69, 9.17) is 4.74 Å². The summed E-state index contributed by atoms with van der Waals surface area (Å²) in [5.74, 6) is -0.334. The van der Waals surface area contributed by atoms with Gasteiger partial charge in [0.15, 0.2) is 0 Å². The summed E-state index contributed by atoms with van der Waals surface area (Å²) in [5.41, 5.74) is 0.762. The van der Waals surface area contributed by atoms with Crippen LogP contribution in [0.4, 0.5) is 18.0 Å². The fourth-order valence-corrected chi connectivity index (χ4v) is 6.07. The van der Waals surface area contributed by atoms with Crippen molar-refractivity contribution in [3.8, 4) is 0 Å². The molecule has 2 aromatic rings. The van der Waals surface area contributed by atoms with Crippen molar-refractivity contribution >= 4 is 17.9 Å². The summed E-state index contributed by atoms with van der Waals surface area (Å²) >= 11 is 0. The fraction of sp³-hybridized carbons (Fsp3) is 0.500. The third-order valence-corrected chi connectivity index (χ3v) is 8.05. The zero-order chi connectivity index (χ0) is 29.1. The summed E-state index contributed by atoms with van der Waals surface area (Å²) in [4.78, 5) is 47.3. The lowest BCUT2D eigenvalue weighted by atomic mass is 10.0. The van der Waals surface area contributed by atoms with Crippen molar-refractivity contribution in [3.63, 3.8) is 0 Å². The van der Waals surface area contributed by atoms with Gasteiger partial charge in [0.2, 0.25) is 11.8 Å². The highest BCUT2D eigenvalue weighted by molar-refractivity contribution is 5.90. The van der Waals surface area contributed by atoms with E-state index in [-0.39, 0.29) is 43.5 Å². The van der Waals surface area contributed by atoms with Crippen LogP contribution >= 0.6 is 0 Å². The smallest absolute Gasteiger partial charge is 0.416 e. The Kier molecular flexibility index (Phi) is 8.53. The minimum atomic E-state index is -4.51. The summed E-state index contributed by atoms with van der Waals surface area (Å²) < 4.78 is 45.4. The number of hydrogen-bond donors (Lipinski definition) is 0. The van der Waals surface area contributed by atoms with Gasteiger partial charge in [-0.2, -0.15) is 13.2 Å². The molecule has 41 heavy (non-hydrogen) atoms. The maximum absolute atomic E-state index is 13.8. The van der Waals surface area contributed by atoms with Crippen LogP contribution in [0.3, 0.4) is 0 Å². The minimum Gasteiger partial charge on any atom is -0.444 e. The molecule has 2 atom stereocenters. The maximum Gasteiger partial charge on any atom is 0.416 e. The molecular weight excluding hydrogens is 537 g/mol. The molecule has 0 spiro atoms. The minimum absolute atomic E-state index is 0.0421. The molecule has 0 aromatic heterocycles. The van der Waals surface area contributed by atoms with Crippen LogP contribution in [0.5, 0.6) is 0 Å². The first kappa shape index (κ1) is 28.9. The van der Waals surface area contributed by atoms with Gasteiger partial charge in [-0.15, -0.1) is 0 Å².